The van der Waals surface area contributed by atoms with Crippen LogP contribution in [0.25, 0.3) is 134 Å². The van der Waals surface area contributed by atoms with Crippen molar-refractivity contribution in [3.63, 3.8) is 0 Å². The van der Waals surface area contributed by atoms with E-state index in [1.165, 1.54) is 9.80 Å². The molecule has 4 aliphatic rings. The molecule has 0 spiro atoms. The normalized spacial score (nSPS) is 14.0. The number of rotatable bonds is 27. The Morgan fingerprint density at radius 3 is 0.808 bits per heavy atom. The molecular weight excluding hydrogens is 1800 g/mol. The molecule has 1 atom stereocenters. The van der Waals surface area contributed by atoms with E-state index in [9.17, 15) is 0 Å². The molecule has 2 N–H and O–H groups in total. The number of fused-ring (bicyclic) bond motifs is 10. The molecule has 7 heterocycles. The molecule has 1 unspecified atom stereocenters. The highest BCUT2D eigenvalue weighted by Gasteiger charge is 2.44. The van der Waals surface area contributed by atoms with E-state index < -0.39 is 23.6 Å². The summed E-state index contributed by atoms with van der Waals surface area (Å²) >= 11 is 0. The quantitative estimate of drug-likeness (QED) is 0.0287. The van der Waals surface area contributed by atoms with Gasteiger partial charge in [0.1, 0.15) is 46.0 Å². The average Bonchev–Trinajstić information content (AvgIpc) is 0.725. The summed E-state index contributed by atoms with van der Waals surface area (Å²) < 4.78 is 30.9. The maximum absolute atomic E-state index is 17.4. The Hall–Kier alpha value is -14.8. The van der Waals surface area contributed by atoms with E-state index in [2.05, 4.69) is 308 Å². The van der Waals surface area contributed by atoms with Gasteiger partial charge < -0.3 is 28.9 Å². The van der Waals surface area contributed by atoms with Crippen molar-refractivity contribution in [1.29, 1.82) is 0 Å². The third-order valence-corrected chi connectivity index (χ3v) is 29.7. The van der Waals surface area contributed by atoms with Gasteiger partial charge in [-0.3, -0.25) is 24.1 Å². The first-order chi connectivity index (χ1) is 69.4. The van der Waals surface area contributed by atoms with Crippen molar-refractivity contribution >= 4 is 119 Å². The highest BCUT2D eigenvalue weighted by atomic mass is 16.5. The third kappa shape index (κ3) is 19.1. The average molecular weight is 1930 g/mol. The summed E-state index contributed by atoms with van der Waals surface area (Å²) in [6.07, 6.45) is 15.3. The number of nitrogens with one attached hydrogen (secondary N) is 2. The summed E-state index contributed by atoms with van der Waals surface area (Å²) in [5, 5.41) is 3.28. The number of nitrogens with zero attached hydrogens (tertiary/aromatic N) is 4. The fourth-order valence-corrected chi connectivity index (χ4v) is 24.6. The van der Waals surface area contributed by atoms with Gasteiger partial charge >= 0.3 is 0 Å². The first-order valence-electron chi connectivity index (χ1n) is 52.0. The Bertz CT molecular complexity index is 7780. The standard InChI is InChI=1S/C132H134N6O8/c1-23-25-35-79(24-2)74-137-121(139)93-70-105(143-89-54-44-84(45-55-89)129(15,16)75-125(3,4)5)115-117-107(145-91-58-48-86(49-59-91)131(19,20)77-127(9,10)11)72-95-114-96(73-108(146-92-60-50-87(51-61-92)132(21,22)78-128(12,13)14)118(120(114)117)116-106(71-94(122(137)140)113(93)119(115)116)144-90-56-46-85(47-57-90)130(17,18)76-126(6,7)8)124(142)138(123(95)141)88-52-42-83(43-53-88)112-103-68-66-101(135-103)110(81-38-31-27-32-39-81)99-64-62-97(133-99)109(80-36-29-26-30-37-80)98-63-65-100(134-98)111(82-40-33-28-34-41-82)102-67-69-104(112)136-102/h26-34,36-73,79,133,136H,23-25,35,74-78H2,1-22H3. The van der Waals surface area contributed by atoms with E-state index in [-0.39, 0.29) is 107 Å². The predicted molar refractivity (Wildman–Crippen MR) is 603 cm³/mol. The van der Waals surface area contributed by atoms with Crippen LogP contribution in [0.1, 0.15) is 290 Å². The van der Waals surface area contributed by atoms with Gasteiger partial charge in [0.2, 0.25) is 0 Å². The number of aromatic nitrogens is 4. The number of hydrogen-bond donors (Lipinski definition) is 2. The largest absolute Gasteiger partial charge is 0.457 e. The van der Waals surface area contributed by atoms with Crippen LogP contribution in [-0.4, -0.2) is 55.0 Å². The molecule has 0 fully saturated rings. The van der Waals surface area contributed by atoms with Crippen LogP contribution in [0.5, 0.6) is 46.0 Å². The molecule has 3 aromatic heterocycles. The first-order valence-corrected chi connectivity index (χ1v) is 52.0. The Morgan fingerprint density at radius 1 is 0.295 bits per heavy atom. The van der Waals surface area contributed by atoms with Gasteiger partial charge in [0.05, 0.1) is 50.7 Å². The summed E-state index contributed by atoms with van der Waals surface area (Å²) in [4.78, 5) is 89.7. The van der Waals surface area contributed by atoms with Crippen LogP contribution in [0.3, 0.4) is 0 Å². The first kappa shape index (κ1) is 98.6. The van der Waals surface area contributed by atoms with Crippen molar-refractivity contribution in [2.45, 2.75) is 225 Å². The van der Waals surface area contributed by atoms with Crippen LogP contribution in [0.2, 0.25) is 0 Å². The molecule has 0 radical (unpaired) electrons. The lowest BCUT2D eigenvalue weighted by atomic mass is 9.72. The van der Waals surface area contributed by atoms with Crippen LogP contribution in [-0.2, 0) is 21.7 Å². The lowest BCUT2D eigenvalue weighted by Gasteiger charge is -2.34. The smallest absolute Gasteiger partial charge is 0.266 e. The predicted octanol–water partition coefficient (Wildman–Crippen LogP) is 36.0. The molecule has 13 aromatic carbocycles. The molecule has 14 nitrogen and oxygen atoms in total. The molecule has 4 amide bonds. The van der Waals surface area contributed by atoms with Crippen LogP contribution in [0, 0.1) is 27.6 Å². The topological polar surface area (TPSA) is 169 Å². The number of amides is 4. The van der Waals surface area contributed by atoms with E-state index in [0.29, 0.717) is 71.8 Å². The number of imide groups is 2. The zero-order chi connectivity index (χ0) is 103. The summed E-state index contributed by atoms with van der Waals surface area (Å²) in [5.41, 5.74) is 18.0. The molecule has 0 saturated carbocycles. The summed E-state index contributed by atoms with van der Waals surface area (Å²) in [7, 11) is 0. The molecule has 20 rings (SSSR count). The molecule has 740 valence electrons. The van der Waals surface area contributed by atoms with Crippen LogP contribution >= 0.6 is 0 Å². The summed E-state index contributed by atoms with van der Waals surface area (Å²) in [5.74, 6) is 0.608. The Labute approximate surface area is 859 Å². The van der Waals surface area contributed by atoms with Gasteiger partial charge in [-0.1, -0.05) is 323 Å². The molecule has 146 heavy (non-hydrogen) atoms. The Kier molecular flexibility index (Phi) is 25.3. The molecule has 16 aromatic rings. The van der Waals surface area contributed by atoms with Crippen molar-refractivity contribution in [3.8, 4) is 90.5 Å². The van der Waals surface area contributed by atoms with E-state index in [1.54, 1.807) is 12.1 Å². The zero-order valence-electron chi connectivity index (χ0n) is 88.6. The molecule has 0 aliphatic carbocycles. The SMILES string of the molecule is CCCCC(CC)CN1C(=O)c2cc(Oc3ccc(C(C)(C)CC(C)(C)C)cc3)c3c4c(Oc5ccc(C(C)(C)CC(C)(C)C)cc5)cc5c6c(cc(Oc7ccc(C(C)(C)CC(C)(C)C)cc7)c(c7c(Oc8ccc(C(C)(C)CC(C)(C)C)cc8)cc(c2c37)C1=O)c64)C(=O)N(c1ccc(-c2c3nc(c(-c4ccccc4)c4ccc([nH]4)c(-c4ccccc4)c4nc(c(-c6ccccc6)c6ccc2[nH]6)C=C4)C=C3)cc1)C5=O. The Morgan fingerprint density at radius 2 is 0.555 bits per heavy atom. The van der Waals surface area contributed by atoms with Crippen molar-refractivity contribution in [3.05, 3.63) is 328 Å². The number of carbonyl (C=O) groups excluding carboxylic acids is 4. The second-order valence-corrected chi connectivity index (χ2v) is 48.4. The van der Waals surface area contributed by atoms with Gasteiger partial charge in [0.25, 0.3) is 23.6 Å². The number of anilines is 1. The highest BCUT2D eigenvalue weighted by Crippen LogP contribution is 2.60. The van der Waals surface area contributed by atoms with E-state index in [4.69, 9.17) is 28.9 Å². The second-order valence-electron chi connectivity index (χ2n) is 48.4. The van der Waals surface area contributed by atoms with Crippen LogP contribution < -0.4 is 23.8 Å². The van der Waals surface area contributed by atoms with Gasteiger partial charge in [0.15, 0.2) is 0 Å². The van der Waals surface area contributed by atoms with Gasteiger partial charge in [-0.15, -0.1) is 0 Å². The number of ether oxygens (including phenoxy) is 4. The zero-order valence-corrected chi connectivity index (χ0v) is 88.6. The number of unbranched alkanes of at least 4 members (excludes halogenated alkanes) is 1. The highest BCUT2D eigenvalue weighted by molar-refractivity contribution is 6.47. The summed E-state index contributed by atoms with van der Waals surface area (Å²) in [6.45, 7) is 49.8. The lowest BCUT2D eigenvalue weighted by molar-refractivity contribution is 0.0578. The van der Waals surface area contributed by atoms with Gasteiger partial charge in [-0.05, 0) is 259 Å². The number of aromatic amines is 2. The van der Waals surface area contributed by atoms with Crippen molar-refractivity contribution in [2.24, 2.45) is 27.6 Å². The van der Waals surface area contributed by atoms with Gasteiger partial charge in [0, 0.05) is 94.0 Å². The van der Waals surface area contributed by atoms with E-state index in [1.807, 2.05) is 127 Å². The maximum atomic E-state index is 17.4. The molecular formula is C132H134N6O8. The molecule has 14 heteroatoms. The molecule has 8 bridgehead atoms. The summed E-state index contributed by atoms with van der Waals surface area (Å²) in [6, 6.07) is 87.2. The van der Waals surface area contributed by atoms with Crippen molar-refractivity contribution in [2.75, 3.05) is 11.4 Å². The third-order valence-electron chi connectivity index (χ3n) is 29.7. The minimum Gasteiger partial charge on any atom is -0.457 e. The lowest BCUT2D eigenvalue weighted by Crippen LogP contribution is -2.43. The monoisotopic (exact) mass is 1930 g/mol. The molecule has 0 saturated heterocycles. The fraction of sp³-hybridized carbons (Fsp3) is 0.303. The Balaban J connectivity index is 0.864. The van der Waals surface area contributed by atoms with Crippen molar-refractivity contribution in [1.82, 2.24) is 24.8 Å². The maximum Gasteiger partial charge on any atom is 0.266 e. The van der Waals surface area contributed by atoms with Crippen molar-refractivity contribution < 1.29 is 38.1 Å². The van der Waals surface area contributed by atoms with Gasteiger partial charge in [-0.25, -0.2) is 14.9 Å². The van der Waals surface area contributed by atoms with Crippen LogP contribution in [0.15, 0.2) is 261 Å². The second kappa shape index (κ2) is 37.4. The van der Waals surface area contributed by atoms with E-state index in [0.717, 1.165) is 157 Å². The number of H-pyrrole nitrogens is 2. The minimum absolute atomic E-state index is 0.00396. The number of benzene rings is 13. The minimum atomic E-state index is -0.625. The number of hydrogen-bond acceptors (Lipinski definition) is 10. The van der Waals surface area contributed by atoms with E-state index >= 15 is 19.2 Å². The fourth-order valence-electron chi connectivity index (χ4n) is 24.6. The van der Waals surface area contributed by atoms with Crippen LogP contribution in [0.4, 0.5) is 5.69 Å². The van der Waals surface area contributed by atoms with Gasteiger partial charge in [-0.2, -0.15) is 0 Å². The molecule has 4 aliphatic heterocycles. The number of carbonyl (C=O) groups is 4.